The molecule has 0 amide bonds. The molecule has 0 radical (unpaired) electrons. The van der Waals surface area contributed by atoms with Crippen LogP contribution in [0.1, 0.15) is 5.56 Å². The number of hydrogen-bond donors (Lipinski definition) is 1. The second-order valence-corrected chi connectivity index (χ2v) is 5.41. The van der Waals surface area contributed by atoms with Crippen LogP contribution in [0.3, 0.4) is 0 Å². The Morgan fingerprint density at radius 2 is 1.90 bits per heavy atom. The minimum atomic E-state index is 0.585. The smallest absolute Gasteiger partial charge is 0.0699 e. The van der Waals surface area contributed by atoms with E-state index >= 15 is 0 Å². The number of anilines is 1. The van der Waals surface area contributed by atoms with E-state index in [1.165, 1.54) is 0 Å². The van der Waals surface area contributed by atoms with Gasteiger partial charge in [0.2, 0.25) is 0 Å². The first-order chi connectivity index (χ1) is 9.65. The van der Waals surface area contributed by atoms with Gasteiger partial charge in [-0.3, -0.25) is 4.68 Å². The lowest BCUT2D eigenvalue weighted by Gasteiger charge is -2.10. The molecule has 3 rings (SSSR count). The summed E-state index contributed by atoms with van der Waals surface area (Å²) in [5.74, 6) is 0. The van der Waals surface area contributed by atoms with Crippen molar-refractivity contribution >= 4 is 39.8 Å². The van der Waals surface area contributed by atoms with Gasteiger partial charge in [-0.15, -0.1) is 0 Å². The van der Waals surface area contributed by atoms with Gasteiger partial charge in [-0.2, -0.15) is 5.10 Å². The summed E-state index contributed by atoms with van der Waals surface area (Å²) in [7, 11) is 1.93. The van der Waals surface area contributed by atoms with Gasteiger partial charge in [0.1, 0.15) is 0 Å². The summed E-state index contributed by atoms with van der Waals surface area (Å²) in [6.45, 7) is 0.585. The van der Waals surface area contributed by atoms with E-state index in [0.717, 1.165) is 22.2 Å². The van der Waals surface area contributed by atoms with Crippen LogP contribution in [0.15, 0.2) is 42.6 Å². The van der Waals surface area contributed by atoms with Gasteiger partial charge < -0.3 is 5.32 Å². The van der Waals surface area contributed by atoms with Crippen LogP contribution in [0.25, 0.3) is 10.9 Å². The highest BCUT2D eigenvalue weighted by molar-refractivity contribution is 6.36. The minimum Gasteiger partial charge on any atom is -0.381 e. The van der Waals surface area contributed by atoms with Gasteiger partial charge in [0.05, 0.1) is 11.7 Å². The van der Waals surface area contributed by atoms with Crippen LogP contribution < -0.4 is 5.32 Å². The third kappa shape index (κ3) is 2.47. The molecule has 0 fully saturated rings. The van der Waals surface area contributed by atoms with Crippen LogP contribution in [-0.4, -0.2) is 9.78 Å². The fourth-order valence-electron chi connectivity index (χ4n) is 2.15. The Kier molecular flexibility index (Phi) is 3.55. The van der Waals surface area contributed by atoms with Crippen molar-refractivity contribution in [1.29, 1.82) is 0 Å². The molecule has 1 N–H and O–H groups in total. The van der Waals surface area contributed by atoms with E-state index in [1.54, 1.807) is 0 Å². The summed E-state index contributed by atoms with van der Waals surface area (Å²) in [4.78, 5) is 0. The van der Waals surface area contributed by atoms with Crippen molar-refractivity contribution in [2.45, 2.75) is 6.54 Å². The monoisotopic (exact) mass is 305 g/mol. The van der Waals surface area contributed by atoms with Crippen LogP contribution in [0.2, 0.25) is 10.0 Å². The molecule has 0 aliphatic carbocycles. The molecule has 5 heteroatoms. The molecule has 20 heavy (non-hydrogen) atoms. The average Bonchev–Trinajstić information content (AvgIpc) is 2.80. The van der Waals surface area contributed by atoms with Crippen molar-refractivity contribution < 1.29 is 0 Å². The Morgan fingerprint density at radius 3 is 2.65 bits per heavy atom. The van der Waals surface area contributed by atoms with E-state index in [9.17, 15) is 0 Å². The topological polar surface area (TPSA) is 29.9 Å². The SMILES string of the molecule is Cn1ncc2ccc(NCc3c(Cl)cccc3Cl)cc21. The molecule has 1 heterocycles. The van der Waals surface area contributed by atoms with Crippen LogP contribution in [0, 0.1) is 0 Å². The normalized spacial score (nSPS) is 10.9. The number of halogens is 2. The number of aryl methyl sites for hydroxylation is 1. The highest BCUT2D eigenvalue weighted by Gasteiger charge is 2.06. The zero-order valence-corrected chi connectivity index (χ0v) is 12.4. The predicted molar refractivity (Wildman–Crippen MR) is 84.5 cm³/mol. The molecule has 0 saturated carbocycles. The van der Waals surface area contributed by atoms with E-state index in [0.29, 0.717) is 16.6 Å². The maximum Gasteiger partial charge on any atom is 0.0699 e. The molecule has 0 bridgehead atoms. The zero-order valence-electron chi connectivity index (χ0n) is 10.9. The summed E-state index contributed by atoms with van der Waals surface area (Å²) in [6, 6.07) is 11.7. The van der Waals surface area contributed by atoms with Crippen LogP contribution in [-0.2, 0) is 13.6 Å². The van der Waals surface area contributed by atoms with Gasteiger partial charge in [0, 0.05) is 40.3 Å². The molecule has 0 aliphatic heterocycles. The molecule has 0 atom stereocenters. The largest absolute Gasteiger partial charge is 0.381 e. The first kappa shape index (κ1) is 13.3. The highest BCUT2D eigenvalue weighted by Crippen LogP contribution is 2.26. The predicted octanol–water partition coefficient (Wildman–Crippen LogP) is 4.49. The van der Waals surface area contributed by atoms with E-state index in [2.05, 4.69) is 16.5 Å². The standard InChI is InChI=1S/C15H13Cl2N3/c1-20-15-7-11(6-5-10(15)8-19-20)18-9-12-13(16)3-2-4-14(12)17/h2-8,18H,9H2,1H3. The first-order valence-electron chi connectivity index (χ1n) is 6.23. The van der Waals surface area contributed by atoms with Gasteiger partial charge >= 0.3 is 0 Å². The fraction of sp³-hybridized carbons (Fsp3) is 0.133. The Morgan fingerprint density at radius 1 is 1.15 bits per heavy atom. The van der Waals surface area contributed by atoms with Gasteiger partial charge in [0.25, 0.3) is 0 Å². The molecule has 1 aromatic heterocycles. The minimum absolute atomic E-state index is 0.585. The molecular formula is C15H13Cl2N3. The van der Waals surface area contributed by atoms with E-state index in [1.807, 2.05) is 48.3 Å². The first-order valence-corrected chi connectivity index (χ1v) is 6.99. The highest BCUT2D eigenvalue weighted by atomic mass is 35.5. The summed E-state index contributed by atoms with van der Waals surface area (Å²) in [5, 5.41) is 10.0. The zero-order chi connectivity index (χ0) is 14.1. The summed E-state index contributed by atoms with van der Waals surface area (Å²) in [5.41, 5.74) is 3.00. The molecule has 0 aliphatic rings. The summed E-state index contributed by atoms with van der Waals surface area (Å²) in [6.07, 6.45) is 1.85. The molecule has 0 unspecified atom stereocenters. The van der Waals surface area contributed by atoms with Crippen LogP contribution in [0.4, 0.5) is 5.69 Å². The molecule has 0 saturated heterocycles. The third-order valence-corrected chi connectivity index (χ3v) is 3.99. The molecule has 102 valence electrons. The van der Waals surface area contributed by atoms with Gasteiger partial charge in [-0.1, -0.05) is 29.3 Å². The lowest BCUT2D eigenvalue weighted by Crippen LogP contribution is -2.01. The lowest BCUT2D eigenvalue weighted by atomic mass is 10.2. The van der Waals surface area contributed by atoms with Gasteiger partial charge in [-0.05, 0) is 30.3 Å². The summed E-state index contributed by atoms with van der Waals surface area (Å²) >= 11 is 12.3. The van der Waals surface area contributed by atoms with Crippen LogP contribution >= 0.6 is 23.2 Å². The number of aromatic nitrogens is 2. The number of benzene rings is 2. The molecule has 3 aromatic rings. The fourth-order valence-corrected chi connectivity index (χ4v) is 2.68. The van der Waals surface area contributed by atoms with E-state index in [-0.39, 0.29) is 0 Å². The summed E-state index contributed by atoms with van der Waals surface area (Å²) < 4.78 is 1.85. The quantitative estimate of drug-likeness (QED) is 0.772. The van der Waals surface area contributed by atoms with Crippen LogP contribution in [0.5, 0.6) is 0 Å². The molecule has 3 nitrogen and oxygen atoms in total. The van der Waals surface area contributed by atoms with E-state index in [4.69, 9.17) is 23.2 Å². The Balaban J connectivity index is 1.85. The van der Waals surface area contributed by atoms with Crippen molar-refractivity contribution in [2.24, 2.45) is 7.05 Å². The lowest BCUT2D eigenvalue weighted by molar-refractivity contribution is 0.797. The number of fused-ring (bicyclic) bond motifs is 1. The Labute approximate surface area is 127 Å². The van der Waals surface area contributed by atoms with Crippen molar-refractivity contribution in [3.8, 4) is 0 Å². The maximum atomic E-state index is 6.16. The molecular weight excluding hydrogens is 293 g/mol. The number of nitrogens with zero attached hydrogens (tertiary/aromatic N) is 2. The number of rotatable bonds is 3. The number of hydrogen-bond acceptors (Lipinski definition) is 2. The molecule has 0 spiro atoms. The Hall–Kier alpha value is -1.71. The Bertz CT molecular complexity index is 745. The van der Waals surface area contributed by atoms with Gasteiger partial charge in [0.15, 0.2) is 0 Å². The van der Waals surface area contributed by atoms with Crippen molar-refractivity contribution in [2.75, 3.05) is 5.32 Å². The van der Waals surface area contributed by atoms with E-state index < -0.39 is 0 Å². The van der Waals surface area contributed by atoms with Gasteiger partial charge in [-0.25, -0.2) is 0 Å². The maximum absolute atomic E-state index is 6.16. The second kappa shape index (κ2) is 5.35. The van der Waals surface area contributed by atoms with Crippen molar-refractivity contribution in [3.63, 3.8) is 0 Å². The van der Waals surface area contributed by atoms with Crippen molar-refractivity contribution in [3.05, 3.63) is 58.2 Å². The van der Waals surface area contributed by atoms with Crippen molar-refractivity contribution in [1.82, 2.24) is 9.78 Å². The molecule has 2 aromatic carbocycles. The second-order valence-electron chi connectivity index (χ2n) is 4.60. The number of nitrogens with one attached hydrogen (secondary N) is 1. The average molecular weight is 306 g/mol. The third-order valence-electron chi connectivity index (χ3n) is 3.28.